The van der Waals surface area contributed by atoms with Gasteiger partial charge in [0.05, 0.1) is 0 Å². The standard InChI is InChI=1S/C15H16N2O3/c1-15(2,3)14-16-10(13(18)17-14)6-9-4-5-11-12(7-9)20-8-19-11/h4-7H,8H2,1-3H3,(H,16,17,18)/b10-6+. The molecule has 0 aromatic heterocycles. The third-order valence-electron chi connectivity index (χ3n) is 3.11. The number of carbonyl (C=O) groups is 1. The van der Waals surface area contributed by atoms with E-state index in [4.69, 9.17) is 9.47 Å². The Balaban J connectivity index is 1.92. The minimum absolute atomic E-state index is 0.174. The van der Waals surface area contributed by atoms with Gasteiger partial charge in [-0.1, -0.05) is 26.8 Å². The fourth-order valence-corrected chi connectivity index (χ4v) is 1.98. The highest BCUT2D eigenvalue weighted by Crippen LogP contribution is 2.33. The molecule has 104 valence electrons. The van der Waals surface area contributed by atoms with Gasteiger partial charge in [-0.3, -0.25) is 4.79 Å². The van der Waals surface area contributed by atoms with Gasteiger partial charge >= 0.3 is 0 Å². The van der Waals surface area contributed by atoms with Gasteiger partial charge in [0.15, 0.2) is 11.5 Å². The summed E-state index contributed by atoms with van der Waals surface area (Å²) in [6, 6.07) is 5.54. The molecule has 20 heavy (non-hydrogen) atoms. The highest BCUT2D eigenvalue weighted by Gasteiger charge is 2.28. The van der Waals surface area contributed by atoms with Crippen molar-refractivity contribution in [1.82, 2.24) is 5.32 Å². The molecule has 0 spiro atoms. The van der Waals surface area contributed by atoms with Gasteiger partial charge in [-0.05, 0) is 23.8 Å². The Hall–Kier alpha value is -2.30. The molecule has 3 rings (SSSR count). The van der Waals surface area contributed by atoms with Crippen molar-refractivity contribution in [2.75, 3.05) is 6.79 Å². The van der Waals surface area contributed by atoms with E-state index in [1.165, 1.54) is 0 Å². The summed E-state index contributed by atoms with van der Waals surface area (Å²) in [6.07, 6.45) is 1.75. The average Bonchev–Trinajstić information content (AvgIpc) is 2.95. The molecule has 5 heteroatoms. The van der Waals surface area contributed by atoms with Crippen molar-refractivity contribution in [3.63, 3.8) is 0 Å². The first-order valence-electron chi connectivity index (χ1n) is 6.45. The first kappa shape index (κ1) is 12.7. The third-order valence-corrected chi connectivity index (χ3v) is 3.11. The van der Waals surface area contributed by atoms with Gasteiger partial charge in [-0.15, -0.1) is 0 Å². The number of amidine groups is 1. The molecule has 0 bridgehead atoms. The van der Waals surface area contributed by atoms with Crippen LogP contribution in [0.2, 0.25) is 0 Å². The highest BCUT2D eigenvalue weighted by atomic mass is 16.7. The molecular weight excluding hydrogens is 256 g/mol. The van der Waals surface area contributed by atoms with Crippen molar-refractivity contribution < 1.29 is 14.3 Å². The summed E-state index contributed by atoms with van der Waals surface area (Å²) < 4.78 is 10.6. The van der Waals surface area contributed by atoms with Crippen molar-refractivity contribution in [3.8, 4) is 11.5 Å². The number of aliphatic imine (C=N–C) groups is 1. The summed E-state index contributed by atoms with van der Waals surface area (Å²) in [5, 5.41) is 2.80. The molecule has 1 aromatic carbocycles. The van der Waals surface area contributed by atoms with E-state index in [-0.39, 0.29) is 18.1 Å². The smallest absolute Gasteiger partial charge is 0.275 e. The largest absolute Gasteiger partial charge is 0.454 e. The molecule has 1 amide bonds. The molecule has 5 nitrogen and oxygen atoms in total. The zero-order valence-electron chi connectivity index (χ0n) is 11.7. The van der Waals surface area contributed by atoms with Crippen LogP contribution in [0.1, 0.15) is 26.3 Å². The number of nitrogens with zero attached hydrogens (tertiary/aromatic N) is 1. The molecule has 1 aromatic rings. The molecule has 1 N–H and O–H groups in total. The van der Waals surface area contributed by atoms with E-state index >= 15 is 0 Å². The van der Waals surface area contributed by atoms with Crippen molar-refractivity contribution >= 4 is 17.8 Å². The second kappa shape index (κ2) is 4.37. The number of hydrogen-bond donors (Lipinski definition) is 1. The van der Waals surface area contributed by atoms with Crippen LogP contribution in [0.25, 0.3) is 6.08 Å². The summed E-state index contributed by atoms with van der Waals surface area (Å²) in [5.74, 6) is 1.93. The van der Waals surface area contributed by atoms with Crippen LogP contribution in [0.15, 0.2) is 28.9 Å². The Morgan fingerprint density at radius 3 is 2.70 bits per heavy atom. The van der Waals surface area contributed by atoms with Gasteiger partial charge in [0.25, 0.3) is 5.91 Å². The molecule has 2 aliphatic heterocycles. The Labute approximate surface area is 117 Å². The maximum Gasteiger partial charge on any atom is 0.275 e. The predicted octanol–water partition coefficient (Wildman–Crippen LogP) is 2.33. The van der Waals surface area contributed by atoms with Gasteiger partial charge in [-0.2, -0.15) is 0 Å². The minimum Gasteiger partial charge on any atom is -0.454 e. The molecule has 0 saturated carbocycles. The summed E-state index contributed by atoms with van der Waals surface area (Å²) in [7, 11) is 0. The van der Waals surface area contributed by atoms with Crippen LogP contribution in [0.5, 0.6) is 11.5 Å². The molecule has 0 fully saturated rings. The minimum atomic E-state index is -0.180. The summed E-state index contributed by atoms with van der Waals surface area (Å²) in [5.41, 5.74) is 1.09. The first-order chi connectivity index (χ1) is 9.43. The van der Waals surface area contributed by atoms with Crippen LogP contribution in [-0.2, 0) is 4.79 Å². The van der Waals surface area contributed by atoms with Gasteiger partial charge in [0.2, 0.25) is 6.79 Å². The predicted molar refractivity (Wildman–Crippen MR) is 75.6 cm³/mol. The summed E-state index contributed by atoms with van der Waals surface area (Å²) >= 11 is 0. The van der Waals surface area contributed by atoms with E-state index in [9.17, 15) is 4.79 Å². The summed E-state index contributed by atoms with van der Waals surface area (Å²) in [4.78, 5) is 16.3. The number of hydrogen-bond acceptors (Lipinski definition) is 4. The van der Waals surface area contributed by atoms with E-state index in [2.05, 4.69) is 10.3 Å². The lowest BCUT2D eigenvalue weighted by Crippen LogP contribution is -2.34. The zero-order chi connectivity index (χ0) is 14.3. The molecular formula is C15H16N2O3. The van der Waals surface area contributed by atoms with E-state index in [0.717, 1.165) is 11.3 Å². The zero-order valence-corrected chi connectivity index (χ0v) is 11.7. The van der Waals surface area contributed by atoms with E-state index in [1.807, 2.05) is 39.0 Å². The van der Waals surface area contributed by atoms with Gasteiger partial charge in [0, 0.05) is 5.41 Å². The molecule has 0 radical (unpaired) electrons. The number of benzene rings is 1. The third kappa shape index (κ3) is 2.27. The molecule has 2 aliphatic rings. The number of nitrogens with one attached hydrogen (secondary N) is 1. The van der Waals surface area contributed by atoms with Gasteiger partial charge < -0.3 is 14.8 Å². The topological polar surface area (TPSA) is 59.9 Å². The average molecular weight is 272 g/mol. The van der Waals surface area contributed by atoms with Crippen LogP contribution in [-0.4, -0.2) is 18.5 Å². The summed E-state index contributed by atoms with van der Waals surface area (Å²) in [6.45, 7) is 6.27. The molecule has 0 saturated heterocycles. The van der Waals surface area contributed by atoms with Crippen LogP contribution < -0.4 is 14.8 Å². The number of fused-ring (bicyclic) bond motifs is 1. The maximum absolute atomic E-state index is 11.9. The van der Waals surface area contributed by atoms with Crippen molar-refractivity contribution in [3.05, 3.63) is 29.5 Å². The Bertz CT molecular complexity index is 639. The number of ether oxygens (including phenoxy) is 2. The van der Waals surface area contributed by atoms with E-state index < -0.39 is 0 Å². The van der Waals surface area contributed by atoms with Crippen molar-refractivity contribution in [2.45, 2.75) is 20.8 Å². The Kier molecular flexibility index (Phi) is 2.78. The lowest BCUT2D eigenvalue weighted by atomic mass is 9.95. The lowest BCUT2D eigenvalue weighted by molar-refractivity contribution is -0.115. The number of amides is 1. The molecule has 0 atom stereocenters. The molecule has 0 unspecified atom stereocenters. The number of carbonyl (C=O) groups excluding carboxylic acids is 1. The highest BCUT2D eigenvalue weighted by molar-refractivity contribution is 6.15. The van der Waals surface area contributed by atoms with Crippen molar-refractivity contribution in [2.24, 2.45) is 10.4 Å². The van der Waals surface area contributed by atoms with Crippen LogP contribution in [0.3, 0.4) is 0 Å². The Morgan fingerprint density at radius 1 is 1.25 bits per heavy atom. The first-order valence-corrected chi connectivity index (χ1v) is 6.45. The normalized spacial score (nSPS) is 19.2. The fourth-order valence-electron chi connectivity index (χ4n) is 1.98. The van der Waals surface area contributed by atoms with Crippen molar-refractivity contribution in [1.29, 1.82) is 0 Å². The second-order valence-electron chi connectivity index (χ2n) is 5.81. The van der Waals surface area contributed by atoms with Crippen LogP contribution >= 0.6 is 0 Å². The van der Waals surface area contributed by atoms with E-state index in [0.29, 0.717) is 17.3 Å². The fraction of sp³-hybridized carbons (Fsp3) is 0.333. The number of rotatable bonds is 1. The van der Waals surface area contributed by atoms with Gasteiger partial charge in [0.1, 0.15) is 11.5 Å². The quantitative estimate of drug-likeness (QED) is 0.798. The molecule has 0 aliphatic carbocycles. The molecule has 2 heterocycles. The SMILES string of the molecule is CC(C)(C)C1=N/C(=C/c2ccc3c(c2)OCO3)C(=O)N1. The van der Waals surface area contributed by atoms with Gasteiger partial charge in [-0.25, -0.2) is 4.99 Å². The lowest BCUT2D eigenvalue weighted by Gasteiger charge is -2.16. The van der Waals surface area contributed by atoms with Crippen LogP contribution in [0.4, 0.5) is 0 Å². The van der Waals surface area contributed by atoms with Crippen LogP contribution in [0, 0.1) is 5.41 Å². The monoisotopic (exact) mass is 272 g/mol. The second-order valence-corrected chi connectivity index (χ2v) is 5.81. The maximum atomic E-state index is 11.9. The van der Waals surface area contributed by atoms with E-state index in [1.54, 1.807) is 6.08 Å². The Morgan fingerprint density at radius 2 is 2.00 bits per heavy atom.